The average molecular weight is 1700 g/mol. The van der Waals surface area contributed by atoms with Crippen LogP contribution in [0.4, 0.5) is 0 Å². The molecule has 0 aliphatic carbocycles. The van der Waals surface area contributed by atoms with Crippen LogP contribution in [-0.4, -0.2) is 1.28 Å². The van der Waals surface area contributed by atoms with E-state index in [0.717, 1.165) is 0 Å². The molecule has 0 aromatic carbocycles. The van der Waals surface area contributed by atoms with Gasteiger partial charge in [0.05, 0.1) is 1.28 Å². The Morgan fingerprint density at radius 3 is 0.500 bits per heavy atom. The molecule has 0 aromatic rings. The summed E-state index contributed by atoms with van der Waals surface area (Å²) in [6, 6.07) is 0. The number of hydrogen-bond donors (Lipinski definition) is 0. The second kappa shape index (κ2) is 46.3. The molecular formula is H3PU7. The Labute approximate surface area is 222 Å². The zero-order valence-corrected chi connectivity index (χ0v) is 34.4. The maximum Gasteiger partial charge on any atom is 0.0511 e. The van der Waals surface area contributed by atoms with Gasteiger partial charge in [-0.1, -0.05) is 0 Å². The van der Waals surface area contributed by atoms with Crippen LogP contribution in [0.3, 0.4) is 0 Å². The van der Waals surface area contributed by atoms with Crippen molar-refractivity contribution in [2.75, 3.05) is 0 Å². The Bertz CT molecular complexity index is 8.88. The fourth-order valence-corrected chi connectivity index (χ4v) is 0. The molecule has 0 saturated carbocycles. The zero-order valence-electron chi connectivity index (χ0n) is 5.08. The van der Waals surface area contributed by atoms with Gasteiger partial charge in [0.2, 0.25) is 0 Å². The molecule has 0 radical (unpaired) electrons. The van der Waals surface area contributed by atoms with Crippen molar-refractivity contribution in [3.05, 3.63) is 0 Å². The van der Waals surface area contributed by atoms with Gasteiger partial charge in [-0.15, -0.1) is 0 Å². The standard InChI is InChI=1S/H3P.7U/h1H3;;;;;;;/i1T;;;;;;;. The van der Waals surface area contributed by atoms with E-state index in [1.54, 1.807) is 9.84 Å². The molecular weight excluding hydrogens is 1700 g/mol. The largest absolute Gasteiger partial charge is 0.153 e. The van der Waals surface area contributed by atoms with Crippen LogP contribution in [0.15, 0.2) is 0 Å². The summed E-state index contributed by atoms with van der Waals surface area (Å²) < 4.78 is 5.67. The van der Waals surface area contributed by atoms with Crippen molar-refractivity contribution in [2.45, 2.75) is 0 Å². The number of hydrogen-bond acceptors (Lipinski definition) is 0. The summed E-state index contributed by atoms with van der Waals surface area (Å²) >= 11 is 0. The summed E-state index contributed by atoms with van der Waals surface area (Å²) in [5.41, 5.74) is 0. The fourth-order valence-electron chi connectivity index (χ4n) is 0. The first-order valence-electron chi connectivity index (χ1n) is 0.577. The van der Waals surface area contributed by atoms with Crippen LogP contribution in [0, 0.1) is 218 Å². The molecule has 0 N–H and O–H groups in total. The molecule has 0 aliphatic rings. The summed E-state index contributed by atoms with van der Waals surface area (Å²) in [5, 5.41) is 0. The average Bonchev–Trinajstić information content (AvgIpc) is 1.00. The predicted octanol–water partition coefficient (Wildman–Crippen LogP) is 0.0581. The molecule has 1 unspecified atom stereocenters. The molecule has 1 atom stereocenters. The van der Waals surface area contributed by atoms with Crippen molar-refractivity contribution in [1.29, 1.82) is 1.28 Å². The topological polar surface area (TPSA) is 0 Å². The molecule has 0 bridgehead atoms. The van der Waals surface area contributed by atoms with Gasteiger partial charge in [-0.25, -0.2) is 0 Å². The van der Waals surface area contributed by atoms with Crippen molar-refractivity contribution in [2.24, 2.45) is 0 Å². The van der Waals surface area contributed by atoms with Crippen LogP contribution in [0.25, 0.3) is 0 Å². The maximum atomic E-state index is 5.67. The molecule has 0 aromatic heterocycles. The van der Waals surface area contributed by atoms with Crippen LogP contribution in [-0.2, 0) is 0 Å². The molecule has 0 amide bonds. The first-order chi connectivity index (χ1) is 1.00. The molecule has 0 fully saturated rings. The van der Waals surface area contributed by atoms with Crippen molar-refractivity contribution in [3.8, 4) is 0 Å². The molecule has 8 heteroatoms. The summed E-state index contributed by atoms with van der Waals surface area (Å²) in [6.07, 6.45) is 0. The van der Waals surface area contributed by atoms with Gasteiger partial charge in [-0.2, -0.15) is 9.84 Å². The van der Waals surface area contributed by atoms with E-state index in [1.165, 1.54) is 0 Å². The molecule has 0 spiro atoms. The molecule has 0 heterocycles. The van der Waals surface area contributed by atoms with E-state index in [9.17, 15) is 0 Å². The van der Waals surface area contributed by atoms with Crippen LogP contribution in [0.1, 0.15) is 0 Å². The van der Waals surface area contributed by atoms with Crippen molar-refractivity contribution in [3.63, 3.8) is 0 Å². The van der Waals surface area contributed by atoms with E-state index in [-0.39, 0.29) is 218 Å². The first-order valence-corrected chi connectivity index (χ1v) is 0. The van der Waals surface area contributed by atoms with Gasteiger partial charge in [0.15, 0.2) is 0 Å². The molecule has 0 rings (SSSR count). The van der Waals surface area contributed by atoms with Crippen LogP contribution < -0.4 is 0 Å². The third kappa shape index (κ3) is 37.2. The Kier molecular flexibility index (Phi) is 259. The van der Waals surface area contributed by atoms with E-state index in [1.807, 2.05) is 0 Å². The van der Waals surface area contributed by atoms with Crippen LogP contribution >= 0.6 is 9.84 Å². The van der Waals surface area contributed by atoms with E-state index >= 15 is 0 Å². The predicted molar refractivity (Wildman–Crippen MR) is 11.1 cm³/mol. The minimum atomic E-state index is 0. The Hall–Kier alpha value is 7.79. The van der Waals surface area contributed by atoms with Crippen molar-refractivity contribution >= 4 is 9.84 Å². The van der Waals surface area contributed by atoms with Crippen molar-refractivity contribution < 1.29 is 218 Å². The third-order valence-corrected chi connectivity index (χ3v) is 0. The van der Waals surface area contributed by atoms with E-state index in [4.69, 9.17) is 1.28 Å². The van der Waals surface area contributed by atoms with Gasteiger partial charge in [0.25, 0.3) is 0 Å². The van der Waals surface area contributed by atoms with Gasteiger partial charge in [0.1, 0.15) is 0 Å². The summed E-state index contributed by atoms with van der Waals surface area (Å²) in [7, 11) is 1.67. The molecule has 8 heavy (non-hydrogen) atoms. The van der Waals surface area contributed by atoms with Gasteiger partial charge in [-0.05, 0) is 0 Å². The second-order valence-corrected chi connectivity index (χ2v) is 0. The van der Waals surface area contributed by atoms with Gasteiger partial charge >= 0.3 is 0 Å². The Morgan fingerprint density at radius 1 is 0.500 bits per heavy atom. The second-order valence-electron chi connectivity index (χ2n) is 0. The summed E-state index contributed by atoms with van der Waals surface area (Å²) in [4.78, 5) is 0. The van der Waals surface area contributed by atoms with E-state index in [2.05, 4.69) is 0 Å². The van der Waals surface area contributed by atoms with Gasteiger partial charge in [-0.3, -0.25) is 0 Å². The minimum Gasteiger partial charge on any atom is -0.153 e. The molecule has 36 valence electrons. The minimum absolute atomic E-state index is 0. The monoisotopic (exact) mass is 1700 g/mol. The van der Waals surface area contributed by atoms with Crippen molar-refractivity contribution in [1.82, 2.24) is 0 Å². The van der Waals surface area contributed by atoms with Gasteiger partial charge < -0.3 is 0 Å². The normalized spacial score (nSPS) is 0.875. The summed E-state index contributed by atoms with van der Waals surface area (Å²) in [5.74, 6) is 0. The Morgan fingerprint density at radius 2 is 0.500 bits per heavy atom. The maximum absolute atomic E-state index is 5.67. The zero-order chi connectivity index (χ0) is 2.00. The fraction of sp³-hybridized carbons (Fsp3) is 0. The Balaban J connectivity index is -0.000000000238. The smallest absolute Gasteiger partial charge is 0.0511 e. The molecule has 0 saturated heterocycles. The SMILES string of the molecule is [3H]P.[U].[U].[U].[U].[U].[U].[U]. The third-order valence-electron chi connectivity index (χ3n) is 0. The van der Waals surface area contributed by atoms with Crippen LogP contribution in [0.2, 0.25) is 0 Å². The molecule has 0 nitrogen and oxygen atoms in total. The van der Waals surface area contributed by atoms with Gasteiger partial charge in [0, 0.05) is 218 Å². The number of rotatable bonds is 0. The quantitative estimate of drug-likeness (QED) is 0.302. The van der Waals surface area contributed by atoms with Crippen LogP contribution in [0.5, 0.6) is 0 Å². The van der Waals surface area contributed by atoms with E-state index < -0.39 is 0 Å². The van der Waals surface area contributed by atoms with E-state index in [0.29, 0.717) is 0 Å². The first kappa shape index (κ1) is 44.7. The summed E-state index contributed by atoms with van der Waals surface area (Å²) in [6.45, 7) is 0. The molecule has 0 aliphatic heterocycles.